The van der Waals surface area contributed by atoms with Gasteiger partial charge in [0.2, 0.25) is 0 Å². The fraction of sp³-hybridized carbons (Fsp3) is 0.0667. The molecule has 0 saturated carbocycles. The SMILES string of the molecule is CC1(C)c2ccccc2-c2ccc(N(c3ccc(-c4ccccc4)cc3)c3cc(-c4ccccc4)c(Br)c(-c4ccccc4)c3)cc21. The molecule has 1 aliphatic rings. The molecule has 0 N–H and O–H groups in total. The van der Waals surface area contributed by atoms with Crippen molar-refractivity contribution in [2.45, 2.75) is 19.3 Å². The first-order chi connectivity index (χ1) is 23.0. The topological polar surface area (TPSA) is 3.24 Å². The van der Waals surface area contributed by atoms with Crippen LogP contribution >= 0.6 is 15.9 Å². The second-order valence-electron chi connectivity index (χ2n) is 12.7. The zero-order chi connectivity index (χ0) is 32.0. The molecular formula is C45H34BrN. The van der Waals surface area contributed by atoms with Crippen LogP contribution in [0.15, 0.2) is 174 Å². The molecule has 0 aromatic heterocycles. The maximum Gasteiger partial charge on any atom is 0.0474 e. The van der Waals surface area contributed by atoms with Crippen LogP contribution in [-0.4, -0.2) is 0 Å². The van der Waals surface area contributed by atoms with E-state index in [-0.39, 0.29) is 5.41 Å². The molecule has 0 unspecified atom stereocenters. The molecule has 1 nitrogen and oxygen atoms in total. The molecule has 0 heterocycles. The Morgan fingerprint density at radius 1 is 0.383 bits per heavy atom. The van der Waals surface area contributed by atoms with Crippen LogP contribution in [0.25, 0.3) is 44.5 Å². The zero-order valence-electron chi connectivity index (χ0n) is 26.5. The summed E-state index contributed by atoms with van der Waals surface area (Å²) in [6, 6.07) is 61.4. The maximum absolute atomic E-state index is 4.04. The number of halogens is 1. The molecule has 7 aromatic rings. The van der Waals surface area contributed by atoms with Crippen LogP contribution in [0.5, 0.6) is 0 Å². The third-order valence-electron chi connectivity index (χ3n) is 9.54. The lowest BCUT2D eigenvalue weighted by molar-refractivity contribution is 0.660. The van der Waals surface area contributed by atoms with E-state index in [2.05, 4.69) is 205 Å². The summed E-state index contributed by atoms with van der Waals surface area (Å²) in [5, 5.41) is 0. The Hall–Kier alpha value is -5.18. The molecular weight excluding hydrogens is 634 g/mol. The van der Waals surface area contributed by atoms with Crippen LogP contribution in [0.3, 0.4) is 0 Å². The third-order valence-corrected chi connectivity index (χ3v) is 10.4. The van der Waals surface area contributed by atoms with Crippen LogP contribution in [0, 0.1) is 0 Å². The molecule has 2 heteroatoms. The number of anilines is 3. The van der Waals surface area contributed by atoms with Gasteiger partial charge in [0.25, 0.3) is 0 Å². The third kappa shape index (κ3) is 5.19. The summed E-state index contributed by atoms with van der Waals surface area (Å²) in [6.45, 7) is 4.70. The average molecular weight is 669 g/mol. The minimum atomic E-state index is -0.102. The van der Waals surface area contributed by atoms with Crippen LogP contribution in [-0.2, 0) is 5.41 Å². The summed E-state index contributed by atoms with van der Waals surface area (Å²) in [7, 11) is 0. The molecule has 7 aromatic carbocycles. The highest BCUT2D eigenvalue weighted by atomic mass is 79.9. The summed E-state index contributed by atoms with van der Waals surface area (Å²) in [5.41, 5.74) is 15.7. The summed E-state index contributed by atoms with van der Waals surface area (Å²) < 4.78 is 1.09. The zero-order valence-corrected chi connectivity index (χ0v) is 28.1. The first-order valence-electron chi connectivity index (χ1n) is 16.1. The van der Waals surface area contributed by atoms with Gasteiger partial charge in [-0.1, -0.05) is 147 Å². The van der Waals surface area contributed by atoms with Gasteiger partial charge in [-0.15, -0.1) is 0 Å². The smallest absolute Gasteiger partial charge is 0.0474 e. The predicted octanol–water partition coefficient (Wildman–Crippen LogP) is 13.2. The van der Waals surface area contributed by atoms with Crippen molar-refractivity contribution in [3.63, 3.8) is 0 Å². The van der Waals surface area contributed by atoms with Crippen LogP contribution in [0.4, 0.5) is 17.1 Å². The molecule has 0 radical (unpaired) electrons. The molecule has 8 rings (SSSR count). The van der Waals surface area contributed by atoms with Gasteiger partial charge in [-0.3, -0.25) is 0 Å². The Morgan fingerprint density at radius 2 is 0.851 bits per heavy atom. The van der Waals surface area contributed by atoms with Crippen molar-refractivity contribution in [2.75, 3.05) is 4.90 Å². The van der Waals surface area contributed by atoms with Crippen molar-refractivity contribution >= 4 is 33.0 Å². The lowest BCUT2D eigenvalue weighted by atomic mass is 9.82. The lowest BCUT2D eigenvalue weighted by Gasteiger charge is -2.29. The molecule has 0 aliphatic heterocycles. The van der Waals surface area contributed by atoms with Gasteiger partial charge < -0.3 is 4.90 Å². The van der Waals surface area contributed by atoms with E-state index in [1.807, 2.05) is 0 Å². The Bertz CT molecular complexity index is 2140. The van der Waals surface area contributed by atoms with Crippen molar-refractivity contribution in [3.05, 3.63) is 185 Å². The van der Waals surface area contributed by atoms with Crippen LogP contribution < -0.4 is 4.90 Å². The van der Waals surface area contributed by atoms with E-state index in [1.54, 1.807) is 0 Å². The molecule has 0 amide bonds. The number of hydrogen-bond donors (Lipinski definition) is 0. The first kappa shape index (κ1) is 29.2. The molecule has 0 bridgehead atoms. The van der Waals surface area contributed by atoms with Crippen LogP contribution in [0.2, 0.25) is 0 Å². The lowest BCUT2D eigenvalue weighted by Crippen LogP contribution is -2.16. The Kier molecular flexibility index (Phi) is 7.39. The van der Waals surface area contributed by atoms with Crippen molar-refractivity contribution in [2.24, 2.45) is 0 Å². The van der Waals surface area contributed by atoms with Gasteiger partial charge in [0.15, 0.2) is 0 Å². The number of nitrogens with zero attached hydrogens (tertiary/aromatic N) is 1. The fourth-order valence-corrected chi connectivity index (χ4v) is 7.79. The number of rotatable bonds is 6. The van der Waals surface area contributed by atoms with Gasteiger partial charge in [0.1, 0.15) is 0 Å². The fourth-order valence-electron chi connectivity index (χ4n) is 7.11. The monoisotopic (exact) mass is 667 g/mol. The Balaban J connectivity index is 1.36. The minimum Gasteiger partial charge on any atom is -0.310 e. The normalized spacial score (nSPS) is 12.7. The average Bonchev–Trinajstić information content (AvgIpc) is 3.36. The second-order valence-corrected chi connectivity index (χ2v) is 13.5. The largest absolute Gasteiger partial charge is 0.310 e. The van der Waals surface area contributed by atoms with Gasteiger partial charge in [-0.05, 0) is 108 Å². The molecule has 0 spiro atoms. The van der Waals surface area contributed by atoms with E-state index in [9.17, 15) is 0 Å². The number of hydrogen-bond acceptors (Lipinski definition) is 1. The van der Waals surface area contributed by atoms with Gasteiger partial charge >= 0.3 is 0 Å². The van der Waals surface area contributed by atoms with E-state index >= 15 is 0 Å². The molecule has 226 valence electrons. The molecule has 0 atom stereocenters. The summed E-state index contributed by atoms with van der Waals surface area (Å²) >= 11 is 4.04. The van der Waals surface area contributed by atoms with E-state index in [1.165, 1.54) is 44.5 Å². The molecule has 0 saturated heterocycles. The molecule has 0 fully saturated rings. The van der Waals surface area contributed by atoms with Crippen LogP contribution in [0.1, 0.15) is 25.0 Å². The number of benzene rings is 7. The maximum atomic E-state index is 4.04. The standard InChI is InChI=1S/C45H34BrN/c1-45(2)42-21-13-12-20-38(42)39-27-26-36(30-43(39)45)47(35-24-22-32(23-25-35)31-14-6-3-7-15-31)37-28-40(33-16-8-4-9-17-33)44(46)41(29-37)34-18-10-5-11-19-34/h3-30H,1-2H3. The van der Waals surface area contributed by atoms with Gasteiger partial charge in [0, 0.05) is 26.9 Å². The van der Waals surface area contributed by atoms with Gasteiger partial charge in [-0.2, -0.15) is 0 Å². The molecule has 1 aliphatic carbocycles. The highest BCUT2D eigenvalue weighted by molar-refractivity contribution is 9.10. The quantitative estimate of drug-likeness (QED) is 0.170. The van der Waals surface area contributed by atoms with Gasteiger partial charge in [-0.25, -0.2) is 0 Å². The first-order valence-corrected chi connectivity index (χ1v) is 16.9. The summed E-state index contributed by atoms with van der Waals surface area (Å²) in [4.78, 5) is 2.42. The number of fused-ring (bicyclic) bond motifs is 3. The van der Waals surface area contributed by atoms with Crippen molar-refractivity contribution in [1.29, 1.82) is 0 Å². The Labute approximate surface area is 285 Å². The second kappa shape index (κ2) is 11.9. The van der Waals surface area contributed by atoms with Crippen molar-refractivity contribution in [1.82, 2.24) is 0 Å². The van der Waals surface area contributed by atoms with Crippen molar-refractivity contribution < 1.29 is 0 Å². The van der Waals surface area contributed by atoms with E-state index in [0.717, 1.165) is 32.7 Å². The van der Waals surface area contributed by atoms with Gasteiger partial charge in [0.05, 0.1) is 0 Å². The Morgan fingerprint density at radius 3 is 1.45 bits per heavy atom. The summed E-state index contributed by atoms with van der Waals surface area (Å²) in [5.74, 6) is 0. The molecule has 47 heavy (non-hydrogen) atoms. The van der Waals surface area contributed by atoms with E-state index in [0.29, 0.717) is 0 Å². The summed E-state index contributed by atoms with van der Waals surface area (Å²) in [6.07, 6.45) is 0. The highest BCUT2D eigenvalue weighted by Gasteiger charge is 2.35. The van der Waals surface area contributed by atoms with Crippen molar-refractivity contribution in [3.8, 4) is 44.5 Å². The van der Waals surface area contributed by atoms with E-state index < -0.39 is 0 Å². The minimum absolute atomic E-state index is 0.102. The van der Waals surface area contributed by atoms with E-state index in [4.69, 9.17) is 0 Å². The predicted molar refractivity (Wildman–Crippen MR) is 203 cm³/mol. The highest BCUT2D eigenvalue weighted by Crippen LogP contribution is 2.51.